The van der Waals surface area contributed by atoms with E-state index in [1.54, 1.807) is 21.1 Å². The molecule has 0 saturated carbocycles. The highest BCUT2D eigenvalue weighted by atomic mass is 16.5. The highest BCUT2D eigenvalue weighted by Gasteiger charge is 2.33. The summed E-state index contributed by atoms with van der Waals surface area (Å²) in [7, 11) is 6.34. The summed E-state index contributed by atoms with van der Waals surface area (Å²) in [6.07, 6.45) is 6.58. The van der Waals surface area contributed by atoms with Crippen molar-refractivity contribution >= 4 is 41.0 Å². The Kier molecular flexibility index (Phi) is 34.8. The molecule has 4 amide bonds. The molecule has 0 spiro atoms. The molecule has 0 saturated heterocycles. The van der Waals surface area contributed by atoms with Gasteiger partial charge in [-0.2, -0.15) is 0 Å². The topological polar surface area (TPSA) is 191 Å². The molecule has 0 bridgehead atoms. The largest absolute Gasteiger partial charge is 0.481 e. The van der Waals surface area contributed by atoms with Gasteiger partial charge in [0.2, 0.25) is 23.6 Å². The first kappa shape index (κ1) is 57.0. The van der Waals surface area contributed by atoms with Crippen LogP contribution in [0.2, 0.25) is 0 Å². The van der Waals surface area contributed by atoms with Crippen LogP contribution in [0.5, 0.6) is 0 Å². The molecule has 2 rings (SSSR count). The van der Waals surface area contributed by atoms with Crippen LogP contribution in [0.1, 0.15) is 99.1 Å². The number of carbonyl (C=O) groups excluding carboxylic acids is 4. The van der Waals surface area contributed by atoms with Crippen molar-refractivity contribution in [2.75, 3.05) is 72.0 Å². The van der Waals surface area contributed by atoms with E-state index in [0.717, 1.165) is 67.7 Å². The first-order valence-corrected chi connectivity index (χ1v) is 18.9. The quantitative estimate of drug-likeness (QED) is 0.0848. The molecule has 0 radical (unpaired) electrons. The van der Waals surface area contributed by atoms with Crippen LogP contribution in [-0.4, -0.2) is 102 Å². The Bertz CT molecular complexity index is 1290. The molecule has 0 aliphatic heterocycles. The van der Waals surface area contributed by atoms with Crippen molar-refractivity contribution in [1.82, 2.24) is 10.6 Å². The van der Waals surface area contributed by atoms with Crippen LogP contribution in [0.25, 0.3) is 0 Å². The van der Waals surface area contributed by atoms with Crippen LogP contribution >= 0.6 is 0 Å². The van der Waals surface area contributed by atoms with Crippen molar-refractivity contribution in [3.8, 4) is 0 Å². The van der Waals surface area contributed by atoms with Gasteiger partial charge < -0.3 is 45.3 Å². The van der Waals surface area contributed by atoms with Gasteiger partial charge in [-0.15, -0.1) is 0 Å². The fourth-order valence-corrected chi connectivity index (χ4v) is 4.86. The van der Waals surface area contributed by atoms with Crippen molar-refractivity contribution in [3.63, 3.8) is 0 Å². The van der Waals surface area contributed by atoms with Gasteiger partial charge in [0.25, 0.3) is 0 Å². The lowest BCUT2D eigenvalue weighted by Gasteiger charge is -2.22. The van der Waals surface area contributed by atoms with Crippen molar-refractivity contribution in [2.24, 2.45) is 11.3 Å². The number of anilines is 2. The smallest absolute Gasteiger partial charge is 0.314 e. The molecule has 326 valence electrons. The van der Waals surface area contributed by atoms with Crippen LogP contribution in [-0.2, 0) is 49.3 Å². The van der Waals surface area contributed by atoms with Gasteiger partial charge >= 0.3 is 5.97 Å². The van der Waals surface area contributed by atoms with E-state index >= 15 is 0 Å². The summed E-state index contributed by atoms with van der Waals surface area (Å²) in [6.45, 7) is 14.4. The van der Waals surface area contributed by atoms with Crippen LogP contribution in [0.3, 0.4) is 0 Å². The second-order valence-corrected chi connectivity index (χ2v) is 13.9. The Morgan fingerprint density at radius 2 is 0.982 bits per heavy atom. The Hall–Kier alpha value is -4.37. The van der Waals surface area contributed by atoms with E-state index in [1.807, 2.05) is 48.5 Å². The highest BCUT2D eigenvalue weighted by Crippen LogP contribution is 2.17. The van der Waals surface area contributed by atoms with E-state index in [9.17, 15) is 24.0 Å². The summed E-state index contributed by atoms with van der Waals surface area (Å²) >= 11 is 0. The molecule has 0 aliphatic rings. The van der Waals surface area contributed by atoms with E-state index in [4.69, 9.17) is 24.1 Å². The molecule has 14 nitrogen and oxygen atoms in total. The molecule has 14 heteroatoms. The van der Waals surface area contributed by atoms with E-state index in [2.05, 4.69) is 35.1 Å². The molecule has 0 heterocycles. The summed E-state index contributed by atoms with van der Waals surface area (Å²) in [6, 6.07) is 15.5. The molecule has 0 aliphatic carbocycles. The third kappa shape index (κ3) is 32.4. The van der Waals surface area contributed by atoms with E-state index in [1.165, 1.54) is 48.3 Å². The maximum Gasteiger partial charge on any atom is 0.314 e. The molecule has 1 unspecified atom stereocenters. The second-order valence-electron chi connectivity index (χ2n) is 13.9. The fourth-order valence-electron chi connectivity index (χ4n) is 4.86. The average molecular weight is 807 g/mol. The van der Waals surface area contributed by atoms with Gasteiger partial charge in [-0.1, -0.05) is 64.8 Å². The zero-order valence-corrected chi connectivity index (χ0v) is 35.7. The van der Waals surface area contributed by atoms with Gasteiger partial charge in [-0.3, -0.25) is 24.0 Å². The summed E-state index contributed by atoms with van der Waals surface area (Å²) in [5, 5.41) is 19.8. The van der Waals surface area contributed by atoms with Crippen molar-refractivity contribution in [2.45, 2.75) is 101 Å². The number of nitrogens with one attached hydrogen (secondary N) is 4. The van der Waals surface area contributed by atoms with Gasteiger partial charge in [0.15, 0.2) is 0 Å². The number of hydrogen-bond acceptors (Lipinski definition) is 9. The van der Waals surface area contributed by atoms with Gasteiger partial charge in [0.1, 0.15) is 5.41 Å². The Morgan fingerprint density at radius 3 is 1.23 bits per heavy atom. The number of methoxy groups -OCH3 is 4. The Balaban J connectivity index is -0.000000717. The van der Waals surface area contributed by atoms with Crippen molar-refractivity contribution in [3.05, 3.63) is 59.7 Å². The van der Waals surface area contributed by atoms with Gasteiger partial charge in [-0.25, -0.2) is 0 Å². The van der Waals surface area contributed by atoms with Crippen molar-refractivity contribution in [1.29, 1.82) is 0 Å². The molecule has 57 heavy (non-hydrogen) atoms. The number of hydrogen-bond donors (Lipinski definition) is 5. The molecule has 1 atom stereocenters. The molecule has 2 aromatic rings. The third-order valence-corrected chi connectivity index (χ3v) is 7.88. The van der Waals surface area contributed by atoms with E-state index in [-0.39, 0.29) is 50.4 Å². The normalized spacial score (nSPS) is 10.7. The maximum absolute atomic E-state index is 11.0. The number of rotatable bonds is 21. The standard InChI is InChI=1S/C17H18N2O2.C11H22N2O2.C7H14O4.C7H16O2.CH4/c1-12(20)18-16-7-3-14(4-8-16)11-15-5-9-17(10-6-15)19-13(2)21;1-10(14)12-8-6-4-3-5-7-9-13-11(2)15;1-7(4-10-2,5-11-3)6(8)9;1-6(2)7(9-4)5-8-3;/h3-10H,11H2,1-2H3,(H,18,20)(H,19,21);3-9H2,1-2H3,(H,12,14)(H,13,15);4-5H2,1-3H3,(H,8,9);6-7H,5H2,1-4H3;1H4. The van der Waals surface area contributed by atoms with Gasteiger partial charge in [0, 0.05) is 80.6 Å². The summed E-state index contributed by atoms with van der Waals surface area (Å²) in [5.74, 6) is -0.426. The maximum atomic E-state index is 11.0. The number of unbranched alkanes of at least 4 members (excludes halogenated alkanes) is 4. The molecular formula is C43H74N4O10. The monoisotopic (exact) mass is 807 g/mol. The van der Waals surface area contributed by atoms with Crippen LogP contribution < -0.4 is 21.3 Å². The first-order chi connectivity index (χ1) is 26.4. The van der Waals surface area contributed by atoms with Crippen molar-refractivity contribution < 1.29 is 48.0 Å². The van der Waals surface area contributed by atoms with Crippen LogP contribution in [0, 0.1) is 11.3 Å². The minimum Gasteiger partial charge on any atom is -0.481 e. The Labute approximate surface area is 342 Å². The number of benzene rings is 2. The minimum atomic E-state index is -0.927. The number of amides is 4. The zero-order valence-electron chi connectivity index (χ0n) is 35.7. The summed E-state index contributed by atoms with van der Waals surface area (Å²) < 4.78 is 19.6. The lowest BCUT2D eigenvalue weighted by molar-refractivity contribution is -0.154. The average Bonchev–Trinajstić information content (AvgIpc) is 3.12. The Morgan fingerprint density at radius 1 is 0.614 bits per heavy atom. The summed E-state index contributed by atoms with van der Waals surface area (Å²) in [4.78, 5) is 53.6. The second kappa shape index (κ2) is 34.8. The van der Waals surface area contributed by atoms with Crippen LogP contribution in [0.4, 0.5) is 11.4 Å². The molecule has 0 aromatic heterocycles. The highest BCUT2D eigenvalue weighted by molar-refractivity contribution is 5.89. The SMILES string of the molecule is C.CC(=O)NCCCCCCCNC(C)=O.CC(=O)Nc1ccc(Cc2ccc(NC(C)=O)cc2)cc1.COCC(C)(COC)C(=O)O.COCC(OC)C(C)C. The fraction of sp³-hybridized carbons (Fsp3) is 0.605. The first-order valence-electron chi connectivity index (χ1n) is 18.9. The predicted octanol–water partition coefficient (Wildman–Crippen LogP) is 6.71. The lowest BCUT2D eigenvalue weighted by atomic mass is 9.93. The summed E-state index contributed by atoms with van der Waals surface area (Å²) in [5.41, 5.74) is 3.00. The minimum absolute atomic E-state index is 0. The predicted molar refractivity (Wildman–Crippen MR) is 228 cm³/mol. The van der Waals surface area contributed by atoms with Crippen LogP contribution in [0.15, 0.2) is 48.5 Å². The molecular weight excluding hydrogens is 732 g/mol. The van der Waals surface area contributed by atoms with Gasteiger partial charge in [0.05, 0.1) is 25.9 Å². The van der Waals surface area contributed by atoms with E-state index < -0.39 is 11.4 Å². The zero-order chi connectivity index (χ0) is 42.9. The van der Waals surface area contributed by atoms with Gasteiger partial charge in [-0.05, 0) is 67.5 Å². The molecule has 0 fully saturated rings. The number of ether oxygens (including phenoxy) is 4. The number of carboxylic acid groups (broad SMARTS) is 1. The number of carboxylic acids is 1. The molecule has 5 N–H and O–H groups in total. The number of aliphatic carboxylic acids is 1. The third-order valence-electron chi connectivity index (χ3n) is 7.88. The van der Waals surface area contributed by atoms with E-state index in [0.29, 0.717) is 12.5 Å². The molecule has 2 aromatic carbocycles. The number of carbonyl (C=O) groups is 5. The lowest BCUT2D eigenvalue weighted by Crippen LogP contribution is -2.36.